The zero-order valence-corrected chi connectivity index (χ0v) is 10.4. The van der Waals surface area contributed by atoms with Gasteiger partial charge in [0.05, 0.1) is 17.0 Å². The van der Waals surface area contributed by atoms with Crippen LogP contribution in [0.3, 0.4) is 0 Å². The maximum absolute atomic E-state index is 11.8. The first-order chi connectivity index (χ1) is 7.39. The van der Waals surface area contributed by atoms with Gasteiger partial charge in [-0.1, -0.05) is 20.8 Å². The molecule has 0 radical (unpaired) electrons. The molecule has 0 unspecified atom stereocenters. The predicted molar refractivity (Wildman–Crippen MR) is 61.8 cm³/mol. The molecule has 0 saturated heterocycles. The van der Waals surface area contributed by atoms with Crippen LogP contribution < -0.4 is 5.32 Å². The Labute approximate surface area is 99.4 Å². The van der Waals surface area contributed by atoms with Crippen LogP contribution in [0.15, 0.2) is 0 Å². The summed E-state index contributed by atoms with van der Waals surface area (Å²) in [6, 6.07) is 0. The first kappa shape index (κ1) is 11.3. The summed E-state index contributed by atoms with van der Waals surface area (Å²) in [7, 11) is 0. The number of nitrogens with zero attached hydrogens (tertiary/aromatic N) is 2. The van der Waals surface area contributed by atoms with E-state index in [-0.39, 0.29) is 16.6 Å². The van der Waals surface area contributed by atoms with Gasteiger partial charge in [-0.2, -0.15) is 0 Å². The van der Waals surface area contributed by atoms with E-state index < -0.39 is 0 Å². The van der Waals surface area contributed by atoms with Crippen molar-refractivity contribution in [3.05, 3.63) is 22.2 Å². The van der Waals surface area contributed by atoms with E-state index in [9.17, 15) is 4.79 Å². The fraction of sp³-hybridized carbons (Fsp3) is 0.545. The monoisotopic (exact) mass is 239 g/mol. The molecule has 0 spiro atoms. The topological polar surface area (TPSA) is 54.9 Å². The summed E-state index contributed by atoms with van der Waals surface area (Å²) in [5, 5.41) is 3.03. The van der Waals surface area contributed by atoms with Crippen molar-refractivity contribution < 1.29 is 4.79 Å². The normalized spacial score (nSPS) is 15.6. The highest BCUT2D eigenvalue weighted by atomic mass is 35.5. The van der Waals surface area contributed by atoms with Gasteiger partial charge in [-0.05, 0) is 11.6 Å². The lowest BCUT2D eigenvalue weighted by molar-refractivity contribution is 0.0941. The molecular weight excluding hydrogens is 226 g/mol. The van der Waals surface area contributed by atoms with Crippen molar-refractivity contribution in [3.8, 4) is 0 Å². The quantitative estimate of drug-likeness (QED) is 0.702. The minimum absolute atomic E-state index is 0.0946. The van der Waals surface area contributed by atoms with Gasteiger partial charge in [0.2, 0.25) is 5.28 Å². The number of carbonyl (C=O) groups is 1. The van der Waals surface area contributed by atoms with Crippen molar-refractivity contribution in [1.82, 2.24) is 15.3 Å². The molecule has 4 nitrogen and oxygen atoms in total. The van der Waals surface area contributed by atoms with Crippen LogP contribution in [0.1, 0.15) is 42.5 Å². The Balaban J connectivity index is 2.68. The second kappa shape index (κ2) is 3.70. The summed E-state index contributed by atoms with van der Waals surface area (Å²) >= 11 is 5.88. The summed E-state index contributed by atoms with van der Waals surface area (Å²) in [5.74, 6) is -0.0946. The largest absolute Gasteiger partial charge is 0.352 e. The number of hydrogen-bond donors (Lipinski definition) is 1. The fourth-order valence-electron chi connectivity index (χ4n) is 1.82. The van der Waals surface area contributed by atoms with E-state index in [4.69, 9.17) is 11.6 Å². The number of hydrogen-bond acceptors (Lipinski definition) is 3. The Kier molecular flexibility index (Phi) is 2.62. The minimum atomic E-state index is -0.217. The third-order valence-corrected chi connectivity index (χ3v) is 2.71. The molecule has 1 aromatic rings. The molecule has 0 atom stereocenters. The van der Waals surface area contributed by atoms with E-state index >= 15 is 0 Å². The molecule has 1 amide bonds. The van der Waals surface area contributed by atoms with E-state index in [1.807, 2.05) is 20.8 Å². The molecule has 16 heavy (non-hydrogen) atoms. The van der Waals surface area contributed by atoms with Gasteiger partial charge in [0.15, 0.2) is 0 Å². The predicted octanol–water partition coefficient (Wildman–Crippen LogP) is 1.71. The van der Waals surface area contributed by atoms with Crippen LogP contribution in [-0.2, 0) is 11.8 Å². The molecule has 0 fully saturated rings. The van der Waals surface area contributed by atoms with Crippen molar-refractivity contribution in [2.24, 2.45) is 0 Å². The summed E-state index contributed by atoms with van der Waals surface area (Å²) in [6.07, 6.45) is 0.715. The number of nitrogens with one attached hydrogen (secondary N) is 1. The van der Waals surface area contributed by atoms with Crippen LogP contribution in [0.4, 0.5) is 0 Å². The van der Waals surface area contributed by atoms with E-state index in [1.54, 1.807) is 0 Å². The smallest absolute Gasteiger partial charge is 0.255 e. The fourth-order valence-corrected chi connectivity index (χ4v) is 2.01. The first-order valence-electron chi connectivity index (χ1n) is 5.24. The van der Waals surface area contributed by atoms with Gasteiger partial charge in [-0.25, -0.2) is 9.97 Å². The summed E-state index contributed by atoms with van der Waals surface area (Å²) in [5.41, 5.74) is 1.86. The summed E-state index contributed by atoms with van der Waals surface area (Å²) in [6.45, 7) is 6.64. The second-order valence-corrected chi connectivity index (χ2v) is 5.26. The van der Waals surface area contributed by atoms with Crippen molar-refractivity contribution in [2.45, 2.75) is 32.6 Å². The standard InChI is InChI=1S/C11H14ClN3O/c1-11(2,3)8-7-6(14-10(12)15-8)4-5-13-9(7)16/h4-5H2,1-3H3,(H,13,16). The van der Waals surface area contributed by atoms with Gasteiger partial charge in [-0.3, -0.25) is 4.79 Å². The van der Waals surface area contributed by atoms with E-state index in [2.05, 4.69) is 15.3 Å². The van der Waals surface area contributed by atoms with E-state index in [0.29, 0.717) is 18.5 Å². The van der Waals surface area contributed by atoms with Crippen molar-refractivity contribution in [3.63, 3.8) is 0 Å². The van der Waals surface area contributed by atoms with Crippen molar-refractivity contribution >= 4 is 17.5 Å². The molecule has 1 aliphatic rings. The third kappa shape index (κ3) is 1.89. The lowest BCUT2D eigenvalue weighted by Gasteiger charge is -2.25. The molecule has 2 rings (SSSR count). The molecular formula is C11H14ClN3O. The molecule has 1 aromatic heterocycles. The maximum Gasteiger partial charge on any atom is 0.255 e. The van der Waals surface area contributed by atoms with Crippen LogP contribution >= 0.6 is 11.6 Å². The van der Waals surface area contributed by atoms with Gasteiger partial charge in [0, 0.05) is 18.4 Å². The highest BCUT2D eigenvalue weighted by Crippen LogP contribution is 2.28. The van der Waals surface area contributed by atoms with Crippen LogP contribution in [0, 0.1) is 0 Å². The average Bonchev–Trinajstić information content (AvgIpc) is 2.15. The first-order valence-corrected chi connectivity index (χ1v) is 5.62. The molecule has 1 N–H and O–H groups in total. The van der Waals surface area contributed by atoms with Gasteiger partial charge in [-0.15, -0.1) is 0 Å². The van der Waals surface area contributed by atoms with Gasteiger partial charge in [0.25, 0.3) is 5.91 Å². The number of carbonyl (C=O) groups excluding carboxylic acids is 1. The Morgan fingerprint density at radius 1 is 1.31 bits per heavy atom. The minimum Gasteiger partial charge on any atom is -0.352 e. The van der Waals surface area contributed by atoms with Crippen LogP contribution in [-0.4, -0.2) is 22.4 Å². The number of aromatic nitrogens is 2. The average molecular weight is 240 g/mol. The molecule has 86 valence electrons. The van der Waals surface area contributed by atoms with Gasteiger partial charge >= 0.3 is 0 Å². The second-order valence-electron chi connectivity index (χ2n) is 4.92. The number of halogens is 1. The highest BCUT2D eigenvalue weighted by Gasteiger charge is 2.29. The van der Waals surface area contributed by atoms with E-state index in [0.717, 1.165) is 11.4 Å². The molecule has 1 aliphatic heterocycles. The Morgan fingerprint density at radius 3 is 2.62 bits per heavy atom. The van der Waals surface area contributed by atoms with Gasteiger partial charge in [0.1, 0.15) is 0 Å². The lowest BCUT2D eigenvalue weighted by Crippen LogP contribution is -2.36. The number of fused-ring (bicyclic) bond motifs is 1. The SMILES string of the molecule is CC(C)(C)c1nc(Cl)nc2c1C(=O)NCC2. The summed E-state index contributed by atoms with van der Waals surface area (Å²) < 4.78 is 0. The molecule has 5 heteroatoms. The highest BCUT2D eigenvalue weighted by molar-refractivity contribution is 6.28. The Hall–Kier alpha value is -1.16. The molecule has 2 heterocycles. The number of rotatable bonds is 0. The van der Waals surface area contributed by atoms with Crippen LogP contribution in [0.25, 0.3) is 0 Å². The number of amides is 1. The third-order valence-electron chi connectivity index (χ3n) is 2.54. The van der Waals surface area contributed by atoms with Crippen LogP contribution in [0.5, 0.6) is 0 Å². The maximum atomic E-state index is 11.8. The molecule has 0 bridgehead atoms. The van der Waals surface area contributed by atoms with E-state index in [1.165, 1.54) is 0 Å². The van der Waals surface area contributed by atoms with Crippen molar-refractivity contribution in [2.75, 3.05) is 6.54 Å². The Bertz CT molecular complexity index is 451. The van der Waals surface area contributed by atoms with Crippen LogP contribution in [0.2, 0.25) is 5.28 Å². The zero-order valence-electron chi connectivity index (χ0n) is 9.59. The molecule has 0 aliphatic carbocycles. The Morgan fingerprint density at radius 2 is 2.00 bits per heavy atom. The van der Waals surface area contributed by atoms with Gasteiger partial charge < -0.3 is 5.32 Å². The summed E-state index contributed by atoms with van der Waals surface area (Å²) in [4.78, 5) is 20.2. The zero-order chi connectivity index (χ0) is 11.9. The molecule has 0 aromatic carbocycles. The van der Waals surface area contributed by atoms with Crippen molar-refractivity contribution in [1.29, 1.82) is 0 Å². The molecule has 0 saturated carbocycles. The lowest BCUT2D eigenvalue weighted by atomic mass is 9.86.